The van der Waals surface area contributed by atoms with Gasteiger partial charge >= 0.3 is 11.9 Å². The summed E-state index contributed by atoms with van der Waals surface area (Å²) >= 11 is 0. The van der Waals surface area contributed by atoms with Gasteiger partial charge in [0.15, 0.2) is 5.78 Å². The fourth-order valence-electron chi connectivity index (χ4n) is 2.60. The molecule has 0 aromatic heterocycles. The van der Waals surface area contributed by atoms with Gasteiger partial charge < -0.3 is 9.47 Å². The van der Waals surface area contributed by atoms with Crippen molar-refractivity contribution in [3.63, 3.8) is 0 Å². The standard InChI is InChI=1S/C21H22O5/c1-4-15(5-2)20(23)16-9-11-17(12-10-16)21(24)26-19-8-6-7-18(13-19)25-14(3)22/h6-13,15H,4-5H2,1-3H3. The number of Topliss-reactive ketones (excluding diaryl/α,β-unsaturated/α-hetero) is 1. The molecule has 0 bridgehead atoms. The summed E-state index contributed by atoms with van der Waals surface area (Å²) in [6.45, 7) is 5.27. The van der Waals surface area contributed by atoms with E-state index in [0.717, 1.165) is 12.8 Å². The number of carbonyl (C=O) groups is 3. The minimum absolute atomic E-state index is 0.00295. The molecule has 5 heteroatoms. The Balaban J connectivity index is 2.08. The van der Waals surface area contributed by atoms with Gasteiger partial charge in [0.1, 0.15) is 11.5 Å². The number of esters is 2. The van der Waals surface area contributed by atoms with Gasteiger partial charge in [0.25, 0.3) is 0 Å². The number of hydrogen-bond acceptors (Lipinski definition) is 5. The molecule has 0 saturated carbocycles. The largest absolute Gasteiger partial charge is 0.427 e. The SMILES string of the molecule is CCC(CC)C(=O)c1ccc(C(=O)Oc2cccc(OC(C)=O)c2)cc1. The Labute approximate surface area is 152 Å². The Morgan fingerprint density at radius 2 is 1.38 bits per heavy atom. The van der Waals surface area contributed by atoms with Crippen LogP contribution in [0.4, 0.5) is 0 Å². The first kappa shape index (κ1) is 19.4. The van der Waals surface area contributed by atoms with Crippen molar-refractivity contribution in [1.29, 1.82) is 0 Å². The monoisotopic (exact) mass is 354 g/mol. The second-order valence-electron chi connectivity index (χ2n) is 5.91. The molecule has 26 heavy (non-hydrogen) atoms. The fourth-order valence-corrected chi connectivity index (χ4v) is 2.60. The van der Waals surface area contributed by atoms with Crippen molar-refractivity contribution in [2.75, 3.05) is 0 Å². The predicted octanol–water partition coefficient (Wildman–Crippen LogP) is 4.45. The van der Waals surface area contributed by atoms with Crippen LogP contribution in [0.2, 0.25) is 0 Å². The van der Waals surface area contributed by atoms with Crippen molar-refractivity contribution in [2.45, 2.75) is 33.6 Å². The number of carbonyl (C=O) groups excluding carboxylic acids is 3. The van der Waals surface area contributed by atoms with E-state index in [2.05, 4.69) is 0 Å². The van der Waals surface area contributed by atoms with Gasteiger partial charge in [0.2, 0.25) is 0 Å². The molecule has 136 valence electrons. The summed E-state index contributed by atoms with van der Waals surface area (Å²) in [5.41, 5.74) is 0.927. The lowest BCUT2D eigenvalue weighted by molar-refractivity contribution is -0.131. The van der Waals surface area contributed by atoms with Crippen LogP contribution in [-0.2, 0) is 4.79 Å². The summed E-state index contributed by atoms with van der Waals surface area (Å²) in [5, 5.41) is 0. The molecule has 5 nitrogen and oxygen atoms in total. The summed E-state index contributed by atoms with van der Waals surface area (Å²) < 4.78 is 10.3. The molecular weight excluding hydrogens is 332 g/mol. The third-order valence-electron chi connectivity index (χ3n) is 4.04. The van der Waals surface area contributed by atoms with E-state index in [4.69, 9.17) is 9.47 Å². The Bertz CT molecular complexity index is 788. The minimum Gasteiger partial charge on any atom is -0.427 e. The zero-order chi connectivity index (χ0) is 19.1. The first-order valence-electron chi connectivity index (χ1n) is 8.59. The van der Waals surface area contributed by atoms with E-state index in [0.29, 0.717) is 16.9 Å². The molecule has 0 aliphatic carbocycles. The summed E-state index contributed by atoms with van der Waals surface area (Å²) in [6.07, 6.45) is 1.58. The quantitative estimate of drug-likeness (QED) is 0.417. The van der Waals surface area contributed by atoms with Crippen molar-refractivity contribution >= 4 is 17.7 Å². The van der Waals surface area contributed by atoms with Crippen molar-refractivity contribution < 1.29 is 23.9 Å². The highest BCUT2D eigenvalue weighted by Gasteiger charge is 2.17. The number of ketones is 1. The number of ether oxygens (including phenoxy) is 2. The van der Waals surface area contributed by atoms with Gasteiger partial charge in [-0.05, 0) is 37.1 Å². The third kappa shape index (κ3) is 5.02. The average molecular weight is 354 g/mol. The van der Waals surface area contributed by atoms with Gasteiger partial charge in [-0.2, -0.15) is 0 Å². The Hall–Kier alpha value is -2.95. The van der Waals surface area contributed by atoms with Crippen LogP contribution in [0.15, 0.2) is 48.5 Å². The number of benzene rings is 2. The number of rotatable bonds is 7. The summed E-state index contributed by atoms with van der Waals surface area (Å²) in [4.78, 5) is 35.6. The molecule has 0 atom stereocenters. The highest BCUT2D eigenvalue weighted by atomic mass is 16.5. The Kier molecular flexibility index (Phi) is 6.67. The van der Waals surface area contributed by atoms with E-state index in [-0.39, 0.29) is 17.5 Å². The molecule has 0 fully saturated rings. The summed E-state index contributed by atoms with van der Waals surface area (Å²) in [5.74, 6) is -0.349. The van der Waals surface area contributed by atoms with Gasteiger partial charge in [-0.1, -0.05) is 32.0 Å². The molecule has 0 N–H and O–H groups in total. The van der Waals surface area contributed by atoms with Crippen LogP contribution in [0.1, 0.15) is 54.3 Å². The second kappa shape index (κ2) is 8.94. The van der Waals surface area contributed by atoms with Crippen molar-refractivity contribution in [1.82, 2.24) is 0 Å². The Morgan fingerprint density at radius 3 is 1.92 bits per heavy atom. The molecule has 0 saturated heterocycles. The lowest BCUT2D eigenvalue weighted by atomic mass is 9.93. The molecule has 0 heterocycles. The second-order valence-corrected chi connectivity index (χ2v) is 5.91. The first-order valence-corrected chi connectivity index (χ1v) is 8.59. The highest BCUT2D eigenvalue weighted by Crippen LogP contribution is 2.21. The average Bonchev–Trinajstić information content (AvgIpc) is 2.62. The minimum atomic E-state index is -0.550. The molecular formula is C21H22O5. The van der Waals surface area contributed by atoms with Crippen LogP contribution in [0.3, 0.4) is 0 Å². The normalized spacial score (nSPS) is 10.5. The molecule has 0 amide bonds. The topological polar surface area (TPSA) is 69.7 Å². The maximum atomic E-state index is 12.3. The van der Waals surface area contributed by atoms with Gasteiger partial charge in [-0.25, -0.2) is 4.79 Å². The predicted molar refractivity (Wildman–Crippen MR) is 97.6 cm³/mol. The van der Waals surface area contributed by atoms with Crippen LogP contribution >= 0.6 is 0 Å². The molecule has 0 aliphatic rings. The number of hydrogen-bond donors (Lipinski definition) is 0. The molecule has 0 unspecified atom stereocenters. The van der Waals surface area contributed by atoms with E-state index in [1.165, 1.54) is 13.0 Å². The van der Waals surface area contributed by atoms with Crippen molar-refractivity contribution in [3.05, 3.63) is 59.7 Å². The maximum absolute atomic E-state index is 12.3. The van der Waals surface area contributed by atoms with Crippen molar-refractivity contribution in [3.8, 4) is 11.5 Å². The van der Waals surface area contributed by atoms with Crippen LogP contribution in [-0.4, -0.2) is 17.7 Å². The van der Waals surface area contributed by atoms with E-state index < -0.39 is 11.9 Å². The molecule has 2 aromatic rings. The van der Waals surface area contributed by atoms with Crippen LogP contribution < -0.4 is 9.47 Å². The van der Waals surface area contributed by atoms with Gasteiger partial charge in [0, 0.05) is 24.5 Å². The van der Waals surface area contributed by atoms with Gasteiger partial charge in [0.05, 0.1) is 5.56 Å². The van der Waals surface area contributed by atoms with Gasteiger partial charge in [-0.15, -0.1) is 0 Å². The third-order valence-corrected chi connectivity index (χ3v) is 4.04. The Morgan fingerprint density at radius 1 is 0.846 bits per heavy atom. The lowest BCUT2D eigenvalue weighted by Crippen LogP contribution is -2.14. The van der Waals surface area contributed by atoms with Crippen LogP contribution in [0.5, 0.6) is 11.5 Å². The summed E-state index contributed by atoms with van der Waals surface area (Å²) in [6, 6.07) is 12.7. The first-order chi connectivity index (χ1) is 12.4. The van der Waals surface area contributed by atoms with Crippen LogP contribution in [0.25, 0.3) is 0 Å². The van der Waals surface area contributed by atoms with Crippen molar-refractivity contribution in [2.24, 2.45) is 5.92 Å². The molecule has 0 radical (unpaired) electrons. The zero-order valence-corrected chi connectivity index (χ0v) is 15.2. The van der Waals surface area contributed by atoms with Gasteiger partial charge in [-0.3, -0.25) is 9.59 Å². The zero-order valence-electron chi connectivity index (χ0n) is 15.2. The van der Waals surface area contributed by atoms with E-state index in [1.54, 1.807) is 42.5 Å². The van der Waals surface area contributed by atoms with E-state index >= 15 is 0 Å². The van der Waals surface area contributed by atoms with E-state index in [1.807, 2.05) is 13.8 Å². The van der Waals surface area contributed by atoms with E-state index in [9.17, 15) is 14.4 Å². The fraction of sp³-hybridized carbons (Fsp3) is 0.286. The molecule has 2 rings (SSSR count). The highest BCUT2D eigenvalue weighted by molar-refractivity contribution is 5.99. The molecule has 0 spiro atoms. The summed E-state index contributed by atoms with van der Waals surface area (Å²) in [7, 11) is 0. The lowest BCUT2D eigenvalue weighted by Gasteiger charge is -2.11. The molecule has 2 aromatic carbocycles. The smallest absolute Gasteiger partial charge is 0.343 e. The molecule has 0 aliphatic heterocycles. The van der Waals surface area contributed by atoms with Crippen LogP contribution in [0, 0.1) is 5.92 Å². The maximum Gasteiger partial charge on any atom is 0.343 e.